The van der Waals surface area contributed by atoms with Gasteiger partial charge in [-0.25, -0.2) is 9.59 Å². The number of benzene rings is 1. The number of rotatable bonds is 7. The van der Waals surface area contributed by atoms with Crippen LogP contribution in [0.5, 0.6) is 0 Å². The zero-order chi connectivity index (χ0) is 21.4. The van der Waals surface area contributed by atoms with E-state index in [9.17, 15) is 14.4 Å². The first-order valence-corrected chi connectivity index (χ1v) is 9.81. The van der Waals surface area contributed by atoms with Crippen LogP contribution in [0.2, 0.25) is 0 Å². The molecular formula is C20H22N4O4S. The lowest BCUT2D eigenvalue weighted by molar-refractivity contribution is -0.123. The minimum absolute atomic E-state index is 0.0395. The predicted molar refractivity (Wildman–Crippen MR) is 109 cm³/mol. The maximum atomic E-state index is 12.3. The number of thiophene rings is 1. The lowest BCUT2D eigenvalue weighted by atomic mass is 10.1. The molecule has 0 aliphatic rings. The molecule has 1 aromatic heterocycles. The van der Waals surface area contributed by atoms with Crippen LogP contribution in [0.4, 0.5) is 9.80 Å². The van der Waals surface area contributed by atoms with Crippen LogP contribution >= 0.6 is 11.3 Å². The largest absolute Gasteiger partial charge is 0.449 e. The van der Waals surface area contributed by atoms with E-state index < -0.39 is 18.0 Å². The summed E-state index contributed by atoms with van der Waals surface area (Å²) in [5.41, 5.74) is 1.45. The monoisotopic (exact) mass is 414 g/mol. The van der Waals surface area contributed by atoms with E-state index in [-0.39, 0.29) is 17.6 Å². The maximum Gasteiger partial charge on any atom is 0.338 e. The Kier molecular flexibility index (Phi) is 7.74. The molecule has 1 aromatic carbocycles. The zero-order valence-corrected chi connectivity index (χ0v) is 17.1. The topological polar surface area (TPSA) is 120 Å². The van der Waals surface area contributed by atoms with Gasteiger partial charge in [0.25, 0.3) is 5.91 Å². The molecule has 8 nitrogen and oxygen atoms in total. The van der Waals surface area contributed by atoms with E-state index in [0.717, 1.165) is 5.56 Å². The van der Waals surface area contributed by atoms with Gasteiger partial charge in [-0.1, -0.05) is 12.1 Å². The molecule has 0 aliphatic heterocycles. The van der Waals surface area contributed by atoms with Gasteiger partial charge >= 0.3 is 12.0 Å². The van der Waals surface area contributed by atoms with E-state index in [1.165, 1.54) is 18.3 Å². The van der Waals surface area contributed by atoms with E-state index in [1.807, 2.05) is 19.9 Å². The lowest BCUT2D eigenvalue weighted by Gasteiger charge is -2.13. The number of carbonyl (C=O) groups is 3. The Balaban J connectivity index is 1.87. The Hall–Kier alpha value is -3.38. The Bertz CT molecular complexity index is 915. The van der Waals surface area contributed by atoms with Crippen molar-refractivity contribution in [3.63, 3.8) is 0 Å². The number of esters is 1. The molecule has 2 aromatic rings. The third kappa shape index (κ3) is 6.62. The molecular weight excluding hydrogens is 392 g/mol. The van der Waals surface area contributed by atoms with E-state index in [4.69, 9.17) is 10.00 Å². The van der Waals surface area contributed by atoms with Crippen LogP contribution in [0.25, 0.3) is 0 Å². The van der Waals surface area contributed by atoms with Gasteiger partial charge in [-0.05, 0) is 49.9 Å². The van der Waals surface area contributed by atoms with Crippen molar-refractivity contribution >= 4 is 34.2 Å². The summed E-state index contributed by atoms with van der Waals surface area (Å²) in [6, 6.07) is 9.87. The molecule has 0 spiro atoms. The van der Waals surface area contributed by atoms with E-state index >= 15 is 0 Å². The van der Waals surface area contributed by atoms with Crippen molar-refractivity contribution in [1.82, 2.24) is 10.6 Å². The number of nitriles is 1. The second-order valence-electron chi connectivity index (χ2n) is 6.49. The third-order valence-corrected chi connectivity index (χ3v) is 4.57. The number of hydrogen-bond donors (Lipinski definition) is 3. The first kappa shape index (κ1) is 21.9. The number of urea groups is 1. The molecule has 3 amide bonds. The van der Waals surface area contributed by atoms with Gasteiger partial charge in [0.2, 0.25) is 0 Å². The fraction of sp³-hybridized carbons (Fsp3) is 0.300. The first-order chi connectivity index (χ1) is 13.8. The number of carbonyl (C=O) groups excluding carboxylic acids is 3. The van der Waals surface area contributed by atoms with Crippen molar-refractivity contribution in [1.29, 1.82) is 5.26 Å². The summed E-state index contributed by atoms with van der Waals surface area (Å²) in [4.78, 5) is 36.0. The highest BCUT2D eigenvalue weighted by atomic mass is 32.1. The standard InChI is InChI=1S/C20H22N4O4S/c1-12(2)23-20(27)22-11-14-4-6-15(7-5-14)19(26)28-13(3)17(25)24-18-16(10-21)8-9-29-18/h4-9,12-13H,11H2,1-3H3,(H,24,25)(H2,22,23,27)/t13-/m0/s1. The second kappa shape index (κ2) is 10.2. The number of ether oxygens (including phenoxy) is 1. The van der Waals surface area contributed by atoms with Gasteiger partial charge in [-0.15, -0.1) is 11.3 Å². The molecule has 0 fully saturated rings. The third-order valence-electron chi connectivity index (χ3n) is 3.74. The highest BCUT2D eigenvalue weighted by molar-refractivity contribution is 7.14. The van der Waals surface area contributed by atoms with Gasteiger partial charge in [0.15, 0.2) is 6.10 Å². The van der Waals surface area contributed by atoms with Crippen LogP contribution in [0.1, 0.15) is 42.3 Å². The van der Waals surface area contributed by atoms with Crippen molar-refractivity contribution in [3.05, 3.63) is 52.4 Å². The van der Waals surface area contributed by atoms with Gasteiger partial charge in [-0.3, -0.25) is 4.79 Å². The Morgan fingerprint density at radius 2 is 1.83 bits per heavy atom. The van der Waals surface area contributed by atoms with E-state index in [1.54, 1.807) is 35.7 Å². The average molecular weight is 414 g/mol. The molecule has 0 unspecified atom stereocenters. The van der Waals surface area contributed by atoms with E-state index in [2.05, 4.69) is 16.0 Å². The normalized spacial score (nSPS) is 11.3. The number of hydrogen-bond acceptors (Lipinski definition) is 6. The summed E-state index contributed by atoms with van der Waals surface area (Å²) < 4.78 is 5.19. The quantitative estimate of drug-likeness (QED) is 0.602. The Morgan fingerprint density at radius 1 is 1.14 bits per heavy atom. The van der Waals surface area contributed by atoms with Crippen LogP contribution in [0.15, 0.2) is 35.7 Å². The molecule has 29 heavy (non-hydrogen) atoms. The Morgan fingerprint density at radius 3 is 2.45 bits per heavy atom. The summed E-state index contributed by atoms with van der Waals surface area (Å²) >= 11 is 1.22. The predicted octanol–water partition coefficient (Wildman–Crippen LogP) is 3.01. The molecule has 0 radical (unpaired) electrons. The summed E-state index contributed by atoms with van der Waals surface area (Å²) in [6.07, 6.45) is -1.03. The highest BCUT2D eigenvalue weighted by Crippen LogP contribution is 2.22. The van der Waals surface area contributed by atoms with Crippen LogP contribution in [0, 0.1) is 11.3 Å². The summed E-state index contributed by atoms with van der Waals surface area (Å²) in [5, 5.41) is 19.1. The minimum Gasteiger partial charge on any atom is -0.449 e. The zero-order valence-electron chi connectivity index (χ0n) is 16.3. The molecule has 3 N–H and O–H groups in total. The Labute approximate surface area is 172 Å². The van der Waals surface area contributed by atoms with Crippen molar-refractivity contribution in [2.75, 3.05) is 5.32 Å². The number of amides is 3. The smallest absolute Gasteiger partial charge is 0.338 e. The molecule has 0 bridgehead atoms. The van der Waals surface area contributed by atoms with Crippen molar-refractivity contribution in [2.45, 2.75) is 39.5 Å². The second-order valence-corrected chi connectivity index (χ2v) is 7.41. The molecule has 0 saturated carbocycles. The minimum atomic E-state index is -1.03. The molecule has 0 aliphatic carbocycles. The molecule has 0 saturated heterocycles. The van der Waals surface area contributed by atoms with Crippen molar-refractivity contribution in [3.8, 4) is 6.07 Å². The van der Waals surface area contributed by atoms with E-state index in [0.29, 0.717) is 17.1 Å². The SMILES string of the molecule is CC(C)NC(=O)NCc1ccc(C(=O)O[C@@H](C)C(=O)Nc2sccc2C#N)cc1. The van der Waals surface area contributed by atoms with Crippen molar-refractivity contribution < 1.29 is 19.1 Å². The first-order valence-electron chi connectivity index (χ1n) is 8.93. The maximum absolute atomic E-state index is 12.3. The molecule has 1 atom stereocenters. The fourth-order valence-corrected chi connectivity index (χ4v) is 2.98. The summed E-state index contributed by atoms with van der Waals surface area (Å²) in [6.45, 7) is 5.50. The van der Waals surface area contributed by atoms with Crippen molar-refractivity contribution in [2.24, 2.45) is 0 Å². The number of nitrogens with one attached hydrogen (secondary N) is 3. The van der Waals surface area contributed by atoms with Gasteiger partial charge in [-0.2, -0.15) is 5.26 Å². The van der Waals surface area contributed by atoms with Gasteiger partial charge in [0.1, 0.15) is 11.1 Å². The van der Waals surface area contributed by atoms with Gasteiger partial charge in [0, 0.05) is 12.6 Å². The highest BCUT2D eigenvalue weighted by Gasteiger charge is 2.20. The van der Waals surface area contributed by atoms with Crippen LogP contribution in [-0.2, 0) is 16.1 Å². The molecule has 152 valence electrons. The van der Waals surface area contributed by atoms with Gasteiger partial charge < -0.3 is 20.7 Å². The van der Waals surface area contributed by atoms with Crippen LogP contribution in [0.3, 0.4) is 0 Å². The summed E-state index contributed by atoms with van der Waals surface area (Å²) in [7, 11) is 0. The number of anilines is 1. The average Bonchev–Trinajstić information content (AvgIpc) is 3.13. The van der Waals surface area contributed by atoms with Gasteiger partial charge in [0.05, 0.1) is 11.1 Å². The van der Waals surface area contributed by atoms with Crippen LogP contribution < -0.4 is 16.0 Å². The fourth-order valence-electron chi connectivity index (χ4n) is 2.24. The lowest BCUT2D eigenvalue weighted by Crippen LogP contribution is -2.39. The van der Waals surface area contributed by atoms with Crippen LogP contribution in [-0.4, -0.2) is 30.1 Å². The molecule has 9 heteroatoms. The summed E-state index contributed by atoms with van der Waals surface area (Å²) in [5.74, 6) is -1.16. The number of nitrogens with zero attached hydrogens (tertiary/aromatic N) is 1. The molecule has 2 rings (SSSR count). The molecule has 1 heterocycles.